The van der Waals surface area contributed by atoms with Crippen molar-refractivity contribution in [2.24, 2.45) is 4.99 Å². The van der Waals surface area contributed by atoms with Crippen molar-refractivity contribution in [3.63, 3.8) is 0 Å². The van der Waals surface area contributed by atoms with Crippen molar-refractivity contribution in [1.29, 1.82) is 0 Å². The molecule has 0 radical (unpaired) electrons. The zero-order valence-corrected chi connectivity index (χ0v) is 29.3. The number of furan rings is 1. The van der Waals surface area contributed by atoms with E-state index in [2.05, 4.69) is 154 Å². The first kappa shape index (κ1) is 30.3. The van der Waals surface area contributed by atoms with Crippen molar-refractivity contribution in [1.82, 2.24) is 9.55 Å². The molecule has 5 heteroatoms. The highest BCUT2D eigenvalue weighted by atomic mass is 16.3. The molecule has 0 fully saturated rings. The number of aromatic nitrogens is 2. The SMILES string of the molecule is CC=N/C(=C\C)c1cccc(-n2c3ccccc3c3c4c(ccc32)-c2ccc(N(C)c3ccc5oc6cc[nH]c6c5c3)c(-c3ccccc3)c2C4)c1. The van der Waals surface area contributed by atoms with E-state index in [1.807, 2.05) is 32.3 Å². The smallest absolute Gasteiger partial charge is 0.153 e. The number of nitrogens with zero attached hydrogens (tertiary/aromatic N) is 3. The van der Waals surface area contributed by atoms with E-state index < -0.39 is 0 Å². The molecule has 1 aliphatic carbocycles. The summed E-state index contributed by atoms with van der Waals surface area (Å²) >= 11 is 0. The highest BCUT2D eigenvalue weighted by molar-refractivity contribution is 6.14. The summed E-state index contributed by atoms with van der Waals surface area (Å²) in [5, 5.41) is 3.68. The molecule has 0 bridgehead atoms. The van der Waals surface area contributed by atoms with Gasteiger partial charge in [0.25, 0.3) is 0 Å². The number of allylic oxidation sites excluding steroid dienone is 1. The average Bonchev–Trinajstić information content (AvgIpc) is 3.96. The molecule has 3 aromatic heterocycles. The minimum Gasteiger partial charge on any atom is -0.454 e. The summed E-state index contributed by atoms with van der Waals surface area (Å²) in [6, 6.07) is 46.2. The van der Waals surface area contributed by atoms with Crippen LogP contribution in [0.1, 0.15) is 30.5 Å². The molecule has 0 amide bonds. The van der Waals surface area contributed by atoms with E-state index in [4.69, 9.17) is 4.42 Å². The molecular weight excluding hydrogens is 637 g/mol. The second kappa shape index (κ2) is 11.7. The average molecular weight is 673 g/mol. The Morgan fingerprint density at radius 1 is 0.750 bits per heavy atom. The molecule has 0 aliphatic heterocycles. The number of hydrogen-bond acceptors (Lipinski definition) is 3. The van der Waals surface area contributed by atoms with Gasteiger partial charge >= 0.3 is 0 Å². The van der Waals surface area contributed by atoms with Crippen LogP contribution in [0.25, 0.3) is 77.5 Å². The lowest BCUT2D eigenvalue weighted by atomic mass is 9.93. The molecule has 3 heterocycles. The van der Waals surface area contributed by atoms with Gasteiger partial charge in [0.05, 0.1) is 22.2 Å². The van der Waals surface area contributed by atoms with Crippen LogP contribution in [-0.4, -0.2) is 22.8 Å². The van der Waals surface area contributed by atoms with Gasteiger partial charge in [0.15, 0.2) is 5.58 Å². The molecule has 0 unspecified atom stereocenters. The molecule has 0 saturated carbocycles. The highest BCUT2D eigenvalue weighted by Gasteiger charge is 2.29. The predicted octanol–water partition coefficient (Wildman–Crippen LogP) is 12.5. The number of H-pyrrole nitrogens is 1. The van der Waals surface area contributed by atoms with E-state index >= 15 is 0 Å². The van der Waals surface area contributed by atoms with Crippen LogP contribution in [0, 0.1) is 0 Å². The van der Waals surface area contributed by atoms with E-state index in [9.17, 15) is 0 Å². The van der Waals surface area contributed by atoms with Gasteiger partial charge in [0, 0.05) is 70.2 Å². The largest absolute Gasteiger partial charge is 0.454 e. The number of nitrogens with one attached hydrogen (secondary N) is 1. The molecular formula is C47H36N4O. The molecule has 52 heavy (non-hydrogen) atoms. The number of hydrogen-bond donors (Lipinski definition) is 1. The van der Waals surface area contributed by atoms with Crippen LogP contribution in [0.5, 0.6) is 0 Å². The van der Waals surface area contributed by atoms with Crippen molar-refractivity contribution in [2.45, 2.75) is 20.3 Å². The van der Waals surface area contributed by atoms with E-state index in [-0.39, 0.29) is 0 Å². The Hall–Kier alpha value is -6.59. The Morgan fingerprint density at radius 3 is 2.44 bits per heavy atom. The topological polar surface area (TPSA) is 49.5 Å². The zero-order chi connectivity index (χ0) is 34.9. The lowest BCUT2D eigenvalue weighted by molar-refractivity contribution is 0.669. The number of aromatic amines is 1. The van der Waals surface area contributed by atoms with Crippen molar-refractivity contribution < 1.29 is 4.42 Å². The minimum absolute atomic E-state index is 0.847. The van der Waals surface area contributed by atoms with Crippen LogP contribution in [0.4, 0.5) is 11.4 Å². The summed E-state index contributed by atoms with van der Waals surface area (Å²) in [7, 11) is 2.17. The first-order chi connectivity index (χ1) is 25.6. The summed E-state index contributed by atoms with van der Waals surface area (Å²) in [4.78, 5) is 10.3. The number of anilines is 2. The summed E-state index contributed by atoms with van der Waals surface area (Å²) < 4.78 is 8.51. The molecule has 0 spiro atoms. The molecule has 1 N–H and O–H groups in total. The lowest BCUT2D eigenvalue weighted by Crippen LogP contribution is -2.11. The summed E-state index contributed by atoms with van der Waals surface area (Å²) in [5.41, 5.74) is 18.6. The third kappa shape index (κ3) is 4.45. The van der Waals surface area contributed by atoms with Crippen LogP contribution in [-0.2, 0) is 6.42 Å². The third-order valence-corrected chi connectivity index (χ3v) is 10.8. The molecule has 250 valence electrons. The van der Waals surface area contributed by atoms with E-state index in [0.717, 1.165) is 51.1 Å². The Labute approximate surface area is 301 Å². The molecule has 0 atom stereocenters. The number of para-hydroxylation sites is 1. The molecule has 9 aromatic rings. The highest BCUT2D eigenvalue weighted by Crippen LogP contribution is 2.50. The maximum absolute atomic E-state index is 6.09. The lowest BCUT2D eigenvalue weighted by Gasteiger charge is -2.25. The van der Waals surface area contributed by atoms with Gasteiger partial charge in [-0.3, -0.25) is 4.99 Å². The van der Waals surface area contributed by atoms with Crippen LogP contribution in [0.15, 0.2) is 149 Å². The van der Waals surface area contributed by atoms with Gasteiger partial charge in [0.1, 0.15) is 5.58 Å². The van der Waals surface area contributed by atoms with Crippen molar-refractivity contribution >= 4 is 67.2 Å². The number of aliphatic imine (C=N–C) groups is 1. The quantitative estimate of drug-likeness (QED) is 0.179. The van der Waals surface area contributed by atoms with Gasteiger partial charge in [0.2, 0.25) is 0 Å². The summed E-state index contributed by atoms with van der Waals surface area (Å²) in [6.07, 6.45) is 6.71. The second-order valence-corrected chi connectivity index (χ2v) is 13.5. The van der Waals surface area contributed by atoms with Gasteiger partial charge in [-0.25, -0.2) is 0 Å². The second-order valence-electron chi connectivity index (χ2n) is 13.5. The fraction of sp³-hybridized carbons (Fsp3) is 0.0851. The monoisotopic (exact) mass is 672 g/mol. The van der Waals surface area contributed by atoms with Crippen molar-refractivity contribution in [3.8, 4) is 27.9 Å². The molecule has 6 aromatic carbocycles. The molecule has 0 saturated heterocycles. The number of benzene rings is 6. The normalized spacial score (nSPS) is 12.9. The first-order valence-corrected chi connectivity index (χ1v) is 17.9. The van der Waals surface area contributed by atoms with Gasteiger partial charge in [-0.2, -0.15) is 0 Å². The fourth-order valence-electron chi connectivity index (χ4n) is 8.48. The molecule has 10 rings (SSSR count). The Balaban J connectivity index is 1.16. The maximum atomic E-state index is 6.09. The number of fused-ring (bicyclic) bond motifs is 10. The van der Waals surface area contributed by atoms with Gasteiger partial charge in [-0.05, 0) is 96.3 Å². The van der Waals surface area contributed by atoms with Crippen LogP contribution in [0.3, 0.4) is 0 Å². The van der Waals surface area contributed by atoms with E-state index in [1.165, 1.54) is 60.9 Å². The minimum atomic E-state index is 0.847. The summed E-state index contributed by atoms with van der Waals surface area (Å²) in [6.45, 7) is 4.01. The predicted molar refractivity (Wildman–Crippen MR) is 218 cm³/mol. The van der Waals surface area contributed by atoms with Gasteiger partial charge in [-0.1, -0.05) is 78.9 Å². The number of rotatable bonds is 6. The summed E-state index contributed by atoms with van der Waals surface area (Å²) in [5.74, 6) is 0. The zero-order valence-electron chi connectivity index (χ0n) is 29.3. The first-order valence-electron chi connectivity index (χ1n) is 17.9. The Morgan fingerprint density at radius 2 is 1.58 bits per heavy atom. The molecule has 1 aliphatic rings. The maximum Gasteiger partial charge on any atom is 0.153 e. The van der Waals surface area contributed by atoms with Crippen LogP contribution < -0.4 is 4.90 Å². The van der Waals surface area contributed by atoms with Crippen molar-refractivity contribution in [2.75, 3.05) is 11.9 Å². The Bertz CT molecular complexity index is 2920. The molecule has 5 nitrogen and oxygen atoms in total. The van der Waals surface area contributed by atoms with E-state index in [1.54, 1.807) is 0 Å². The van der Waals surface area contributed by atoms with Crippen LogP contribution >= 0.6 is 0 Å². The standard InChI is InChI=1S/C47H36N4O/c1-4-39(48-5-2)30-14-11-15-32(26-30)51-40-17-10-9-16-35(40)46-37-28-36-33(34(37)20-22-42(46)51)19-21-41(45(36)29-12-7-6-8-13-29)50(3)31-18-23-43-38(27-31)47-44(52-43)24-25-49-47/h4-27,49H,28H2,1-3H3/b39-4-,48-5?. The Kier molecular flexibility index (Phi) is 6.83. The van der Waals surface area contributed by atoms with Gasteiger partial charge in [-0.15, -0.1) is 0 Å². The van der Waals surface area contributed by atoms with E-state index in [0.29, 0.717) is 0 Å². The fourth-order valence-corrected chi connectivity index (χ4v) is 8.48. The van der Waals surface area contributed by atoms with Crippen LogP contribution in [0.2, 0.25) is 0 Å². The third-order valence-electron chi connectivity index (χ3n) is 10.8. The van der Waals surface area contributed by atoms with Crippen molar-refractivity contribution in [3.05, 3.63) is 156 Å². The van der Waals surface area contributed by atoms with Gasteiger partial charge < -0.3 is 18.9 Å².